The first-order valence-electron chi connectivity index (χ1n) is 4.00. The van der Waals surface area contributed by atoms with Gasteiger partial charge < -0.3 is 10.8 Å². The predicted octanol–water partition coefficient (Wildman–Crippen LogP) is 2.27. The fourth-order valence-corrected chi connectivity index (χ4v) is 1.01. The van der Waals surface area contributed by atoms with E-state index in [1.165, 1.54) is 0 Å². The molecule has 0 heterocycles. The van der Waals surface area contributed by atoms with Crippen molar-refractivity contribution in [2.24, 2.45) is 0 Å². The highest BCUT2D eigenvalue weighted by Gasteiger charge is 2.14. The molecule has 0 bridgehead atoms. The summed E-state index contributed by atoms with van der Waals surface area (Å²) in [5.41, 5.74) is 7.07. The molecule has 0 spiro atoms. The Morgan fingerprint density at radius 2 is 1.83 bits per heavy atom. The number of phenolic OH excluding ortho intramolecular Hbond substituents is 1. The molecule has 0 aliphatic heterocycles. The molecule has 0 saturated carbocycles. The van der Waals surface area contributed by atoms with Crippen LogP contribution in [0, 0.1) is 0 Å². The topological polar surface area (TPSA) is 46.2 Å². The van der Waals surface area contributed by atoms with E-state index in [2.05, 4.69) is 20.8 Å². The summed E-state index contributed by atoms with van der Waals surface area (Å²) in [6.45, 7) is 6.29. The molecule has 0 atom stereocenters. The first-order chi connectivity index (χ1) is 5.41. The Balaban J connectivity index is 3.14. The third kappa shape index (κ3) is 1.70. The number of phenols is 1. The molecule has 1 aromatic rings. The van der Waals surface area contributed by atoms with E-state index >= 15 is 0 Å². The zero-order valence-corrected chi connectivity index (χ0v) is 7.76. The van der Waals surface area contributed by atoms with Gasteiger partial charge in [-0.25, -0.2) is 0 Å². The van der Waals surface area contributed by atoms with Gasteiger partial charge in [0.25, 0.3) is 0 Å². The minimum Gasteiger partial charge on any atom is -0.506 e. The number of benzene rings is 1. The molecule has 0 aliphatic rings. The summed E-state index contributed by atoms with van der Waals surface area (Å²) in [6.07, 6.45) is 0. The molecule has 0 saturated heterocycles. The molecule has 0 aromatic heterocycles. The normalized spacial score (nSPS) is 11.6. The maximum Gasteiger partial charge on any atom is 0.138 e. The zero-order valence-electron chi connectivity index (χ0n) is 7.76. The maximum atomic E-state index is 9.34. The predicted molar refractivity (Wildman–Crippen MR) is 51.2 cm³/mol. The summed E-state index contributed by atoms with van der Waals surface area (Å²) >= 11 is 0. The van der Waals surface area contributed by atoms with Crippen LogP contribution in [0.5, 0.6) is 5.75 Å². The van der Waals surface area contributed by atoms with Gasteiger partial charge in [-0.05, 0) is 23.1 Å². The third-order valence-electron chi connectivity index (χ3n) is 1.90. The Bertz CT molecular complexity index is 286. The highest BCUT2D eigenvalue weighted by molar-refractivity contribution is 5.53. The summed E-state index contributed by atoms with van der Waals surface area (Å²) in [7, 11) is 0. The van der Waals surface area contributed by atoms with Gasteiger partial charge in [-0.3, -0.25) is 0 Å². The van der Waals surface area contributed by atoms with Crippen molar-refractivity contribution in [1.82, 2.24) is 0 Å². The highest BCUT2D eigenvalue weighted by atomic mass is 16.3. The molecule has 0 amide bonds. The molecule has 2 nitrogen and oxygen atoms in total. The maximum absolute atomic E-state index is 9.34. The Kier molecular flexibility index (Phi) is 2.01. The molecule has 0 fully saturated rings. The van der Waals surface area contributed by atoms with Crippen LogP contribution in [0.4, 0.5) is 5.69 Å². The second-order valence-corrected chi connectivity index (χ2v) is 4.02. The Morgan fingerprint density at radius 1 is 1.25 bits per heavy atom. The lowest BCUT2D eigenvalue weighted by molar-refractivity contribution is 0.473. The molecule has 3 N–H and O–H groups in total. The van der Waals surface area contributed by atoms with E-state index in [-0.39, 0.29) is 11.2 Å². The van der Waals surface area contributed by atoms with Crippen LogP contribution in [-0.2, 0) is 5.41 Å². The fraction of sp³-hybridized carbons (Fsp3) is 0.400. The van der Waals surface area contributed by atoms with E-state index < -0.39 is 0 Å². The van der Waals surface area contributed by atoms with E-state index in [0.717, 1.165) is 5.56 Å². The number of hydrogen-bond donors (Lipinski definition) is 2. The lowest BCUT2D eigenvalue weighted by Gasteiger charge is -2.19. The molecule has 1 aromatic carbocycles. The van der Waals surface area contributed by atoms with Crippen LogP contribution >= 0.6 is 0 Å². The first kappa shape index (κ1) is 8.91. The van der Waals surface area contributed by atoms with E-state index in [1.807, 2.05) is 6.07 Å². The van der Waals surface area contributed by atoms with Gasteiger partial charge in [0.1, 0.15) is 5.75 Å². The van der Waals surface area contributed by atoms with E-state index in [1.54, 1.807) is 12.1 Å². The standard InChI is InChI=1S/C10H15NO/c1-10(2,3)7-4-5-8(11)9(12)6-7/h4-6,12H,11H2,1-3H3. The van der Waals surface area contributed by atoms with Gasteiger partial charge in [0.2, 0.25) is 0 Å². The third-order valence-corrected chi connectivity index (χ3v) is 1.90. The van der Waals surface area contributed by atoms with Crippen molar-refractivity contribution >= 4 is 5.69 Å². The van der Waals surface area contributed by atoms with Crippen LogP contribution in [0.2, 0.25) is 0 Å². The number of aromatic hydroxyl groups is 1. The molecule has 12 heavy (non-hydrogen) atoms. The van der Waals surface area contributed by atoms with E-state index in [9.17, 15) is 5.11 Å². The number of nitrogens with two attached hydrogens (primary N) is 1. The van der Waals surface area contributed by atoms with Gasteiger partial charge in [-0.1, -0.05) is 26.8 Å². The number of rotatable bonds is 0. The van der Waals surface area contributed by atoms with Crippen molar-refractivity contribution in [3.63, 3.8) is 0 Å². The van der Waals surface area contributed by atoms with Crippen molar-refractivity contribution in [2.45, 2.75) is 26.2 Å². The Hall–Kier alpha value is -1.18. The van der Waals surface area contributed by atoms with Gasteiger partial charge in [-0.2, -0.15) is 0 Å². The molecule has 66 valence electrons. The van der Waals surface area contributed by atoms with Gasteiger partial charge in [0, 0.05) is 0 Å². The SMILES string of the molecule is CC(C)(C)c1ccc(N)c(O)c1. The van der Waals surface area contributed by atoms with Crippen LogP contribution in [0.25, 0.3) is 0 Å². The average Bonchev–Trinajstić information content (AvgIpc) is 1.92. The number of anilines is 1. The Morgan fingerprint density at radius 3 is 2.25 bits per heavy atom. The monoisotopic (exact) mass is 165 g/mol. The van der Waals surface area contributed by atoms with E-state index in [4.69, 9.17) is 5.73 Å². The summed E-state index contributed by atoms with van der Waals surface area (Å²) in [4.78, 5) is 0. The molecule has 0 aliphatic carbocycles. The van der Waals surface area contributed by atoms with Crippen LogP contribution in [0.15, 0.2) is 18.2 Å². The smallest absolute Gasteiger partial charge is 0.138 e. The molecule has 2 heteroatoms. The van der Waals surface area contributed by atoms with Crippen molar-refractivity contribution in [3.8, 4) is 5.75 Å². The molecular formula is C10H15NO. The lowest BCUT2D eigenvalue weighted by Crippen LogP contribution is -2.10. The van der Waals surface area contributed by atoms with Crippen LogP contribution in [-0.4, -0.2) is 5.11 Å². The second kappa shape index (κ2) is 2.70. The van der Waals surface area contributed by atoms with E-state index in [0.29, 0.717) is 5.69 Å². The molecule has 1 rings (SSSR count). The largest absolute Gasteiger partial charge is 0.506 e. The average molecular weight is 165 g/mol. The lowest BCUT2D eigenvalue weighted by atomic mass is 9.87. The van der Waals surface area contributed by atoms with Gasteiger partial charge >= 0.3 is 0 Å². The molecule has 0 radical (unpaired) electrons. The minimum absolute atomic E-state index is 0.0607. The van der Waals surface area contributed by atoms with Crippen molar-refractivity contribution in [2.75, 3.05) is 5.73 Å². The molecule has 0 unspecified atom stereocenters. The molecular weight excluding hydrogens is 150 g/mol. The summed E-state index contributed by atoms with van der Waals surface area (Å²) < 4.78 is 0. The van der Waals surface area contributed by atoms with Crippen molar-refractivity contribution in [3.05, 3.63) is 23.8 Å². The van der Waals surface area contributed by atoms with Crippen LogP contribution in [0.3, 0.4) is 0 Å². The van der Waals surface area contributed by atoms with Gasteiger partial charge in [0.15, 0.2) is 0 Å². The quantitative estimate of drug-likeness (QED) is 0.457. The first-order valence-corrected chi connectivity index (χ1v) is 4.00. The van der Waals surface area contributed by atoms with Crippen LogP contribution < -0.4 is 5.73 Å². The zero-order chi connectivity index (χ0) is 9.35. The van der Waals surface area contributed by atoms with Gasteiger partial charge in [0.05, 0.1) is 5.69 Å². The van der Waals surface area contributed by atoms with Crippen molar-refractivity contribution in [1.29, 1.82) is 0 Å². The summed E-state index contributed by atoms with van der Waals surface area (Å²) in [6, 6.07) is 5.39. The second-order valence-electron chi connectivity index (χ2n) is 4.02. The Labute approximate surface area is 73.0 Å². The highest BCUT2D eigenvalue weighted by Crippen LogP contribution is 2.28. The summed E-state index contributed by atoms with van der Waals surface area (Å²) in [5.74, 6) is 0.169. The number of nitrogen functional groups attached to an aromatic ring is 1. The minimum atomic E-state index is 0.0607. The van der Waals surface area contributed by atoms with Gasteiger partial charge in [-0.15, -0.1) is 0 Å². The number of hydrogen-bond acceptors (Lipinski definition) is 2. The summed E-state index contributed by atoms with van der Waals surface area (Å²) in [5, 5.41) is 9.34. The van der Waals surface area contributed by atoms with Crippen molar-refractivity contribution < 1.29 is 5.11 Å². The fourth-order valence-electron chi connectivity index (χ4n) is 1.01. The van der Waals surface area contributed by atoms with Crippen LogP contribution in [0.1, 0.15) is 26.3 Å².